The predicted molar refractivity (Wildman–Crippen MR) is 117 cm³/mol. The molecule has 0 radical (unpaired) electrons. The van der Waals surface area contributed by atoms with E-state index in [1.54, 1.807) is 17.7 Å². The van der Waals surface area contributed by atoms with E-state index in [1.165, 1.54) is 22.4 Å². The van der Waals surface area contributed by atoms with Gasteiger partial charge >= 0.3 is 0 Å². The summed E-state index contributed by atoms with van der Waals surface area (Å²) in [5.74, 6) is 1.13. The summed E-state index contributed by atoms with van der Waals surface area (Å²) in [6.45, 7) is 7.67. The summed E-state index contributed by atoms with van der Waals surface area (Å²) in [6, 6.07) is 8.46. The van der Waals surface area contributed by atoms with E-state index in [2.05, 4.69) is 60.5 Å². The third-order valence-corrected chi connectivity index (χ3v) is 7.63. The fourth-order valence-corrected chi connectivity index (χ4v) is 5.97. The molecule has 0 saturated carbocycles. The molecule has 2 aliphatic heterocycles. The predicted octanol–water partition coefficient (Wildman–Crippen LogP) is 3.61. The van der Waals surface area contributed by atoms with Gasteiger partial charge in [-0.25, -0.2) is 15.0 Å². The van der Waals surface area contributed by atoms with Crippen LogP contribution in [0.3, 0.4) is 0 Å². The number of nitrogens with zero attached hydrogens (tertiary/aromatic N) is 6. The lowest BCUT2D eigenvalue weighted by atomic mass is 9.79. The van der Waals surface area contributed by atoms with Crippen LogP contribution in [0.2, 0.25) is 0 Å². The Morgan fingerprint density at radius 3 is 2.97 bits per heavy atom. The van der Waals surface area contributed by atoms with Crippen molar-refractivity contribution < 1.29 is 0 Å². The highest BCUT2D eigenvalue weighted by Gasteiger charge is 2.48. The molecule has 1 spiro atoms. The lowest BCUT2D eigenvalue weighted by Crippen LogP contribution is -2.57. The zero-order valence-corrected chi connectivity index (χ0v) is 17.4. The Hall–Kier alpha value is -2.51. The highest BCUT2D eigenvalue weighted by molar-refractivity contribution is 7.18. The van der Waals surface area contributed by atoms with Crippen LogP contribution in [0.5, 0.6) is 0 Å². The van der Waals surface area contributed by atoms with Gasteiger partial charge in [-0.1, -0.05) is 13.0 Å². The van der Waals surface area contributed by atoms with E-state index in [0.717, 1.165) is 55.4 Å². The van der Waals surface area contributed by atoms with Crippen LogP contribution in [-0.2, 0) is 13.0 Å². The van der Waals surface area contributed by atoms with Gasteiger partial charge in [0.25, 0.3) is 0 Å². The van der Waals surface area contributed by atoms with Crippen LogP contribution in [0.4, 0.5) is 5.82 Å². The number of aryl methyl sites for hydroxylation is 1. The second-order valence-corrected chi connectivity index (χ2v) is 9.59. The molecule has 6 heterocycles. The van der Waals surface area contributed by atoms with Crippen molar-refractivity contribution >= 4 is 33.0 Å². The number of pyridine rings is 1. The van der Waals surface area contributed by atoms with E-state index in [9.17, 15) is 0 Å². The van der Waals surface area contributed by atoms with Crippen LogP contribution in [0.15, 0.2) is 43.0 Å². The maximum Gasteiger partial charge on any atom is 0.140 e. The molecule has 6 nitrogen and oxygen atoms in total. The number of imidazole rings is 1. The lowest BCUT2D eigenvalue weighted by Gasteiger charge is -2.48. The maximum atomic E-state index is 4.67. The number of thiophene rings is 1. The summed E-state index contributed by atoms with van der Waals surface area (Å²) in [5.41, 5.74) is 2.70. The number of hydrogen-bond acceptors (Lipinski definition) is 6. The third-order valence-electron chi connectivity index (χ3n) is 6.44. The summed E-state index contributed by atoms with van der Waals surface area (Å²) in [4.78, 5) is 21.2. The normalized spacial score (nSPS) is 18.9. The smallest absolute Gasteiger partial charge is 0.140 e. The van der Waals surface area contributed by atoms with Crippen molar-refractivity contribution in [2.75, 3.05) is 31.1 Å². The molecule has 2 aliphatic rings. The van der Waals surface area contributed by atoms with E-state index in [0.29, 0.717) is 5.41 Å². The molecule has 0 N–H and O–H groups in total. The Morgan fingerprint density at radius 2 is 2.07 bits per heavy atom. The topological polar surface area (TPSA) is 49.6 Å². The Balaban J connectivity index is 1.17. The molecule has 0 bridgehead atoms. The largest absolute Gasteiger partial charge is 0.355 e. The maximum absolute atomic E-state index is 4.67. The average Bonchev–Trinajstić information content (AvgIpc) is 3.44. The number of rotatable bonds is 4. The van der Waals surface area contributed by atoms with E-state index in [4.69, 9.17) is 0 Å². The van der Waals surface area contributed by atoms with Crippen molar-refractivity contribution in [1.82, 2.24) is 24.3 Å². The zero-order valence-electron chi connectivity index (χ0n) is 16.6. The van der Waals surface area contributed by atoms with Crippen molar-refractivity contribution in [3.05, 3.63) is 53.6 Å². The van der Waals surface area contributed by atoms with Crippen molar-refractivity contribution in [1.29, 1.82) is 0 Å². The van der Waals surface area contributed by atoms with Gasteiger partial charge in [-0.2, -0.15) is 0 Å². The molecule has 4 aromatic heterocycles. The quantitative estimate of drug-likeness (QED) is 0.520. The van der Waals surface area contributed by atoms with Gasteiger partial charge in [-0.3, -0.25) is 4.90 Å². The minimum absolute atomic E-state index is 0.404. The summed E-state index contributed by atoms with van der Waals surface area (Å²) < 4.78 is 2.20. The van der Waals surface area contributed by atoms with Gasteiger partial charge in [0.05, 0.1) is 17.3 Å². The molecule has 29 heavy (non-hydrogen) atoms. The van der Waals surface area contributed by atoms with E-state index >= 15 is 0 Å². The van der Waals surface area contributed by atoms with Gasteiger partial charge in [0.2, 0.25) is 0 Å². The third kappa shape index (κ3) is 2.83. The second-order valence-electron chi connectivity index (χ2n) is 8.48. The molecule has 0 aliphatic carbocycles. The van der Waals surface area contributed by atoms with Gasteiger partial charge in [0.1, 0.15) is 22.6 Å². The molecule has 0 atom stereocenters. The Bertz CT molecular complexity index is 1190. The summed E-state index contributed by atoms with van der Waals surface area (Å²) >= 11 is 1.80. The first-order chi connectivity index (χ1) is 14.2. The molecule has 4 aromatic rings. The van der Waals surface area contributed by atoms with Gasteiger partial charge in [0, 0.05) is 49.2 Å². The lowest BCUT2D eigenvalue weighted by molar-refractivity contribution is 0.0106. The van der Waals surface area contributed by atoms with Crippen molar-refractivity contribution in [2.24, 2.45) is 5.41 Å². The molecule has 6 rings (SSSR count). The van der Waals surface area contributed by atoms with Gasteiger partial charge in [0.15, 0.2) is 0 Å². The molecule has 0 unspecified atom stereocenters. The van der Waals surface area contributed by atoms with Crippen LogP contribution < -0.4 is 4.90 Å². The molecule has 2 saturated heterocycles. The Morgan fingerprint density at radius 1 is 1.14 bits per heavy atom. The number of fused-ring (bicyclic) bond motifs is 2. The number of aromatic nitrogens is 4. The average molecular weight is 405 g/mol. The highest BCUT2D eigenvalue weighted by Crippen LogP contribution is 2.43. The SMILES string of the molecule is CCc1cc2c(N3CCC4(CN(Cc5cnc6ccccn56)C4)C3)ncnc2s1. The number of hydrogen-bond donors (Lipinski definition) is 0. The standard InChI is InChI=1S/C22H24N6S/c1-2-17-9-18-20(24-15-25-21(18)29-17)27-8-6-22(14-27)12-26(13-22)11-16-10-23-19-5-3-4-7-28(16)19/h3-5,7,9-10,15H,2,6,8,11-14H2,1H3. The van der Waals surface area contributed by atoms with Crippen LogP contribution >= 0.6 is 11.3 Å². The Kier molecular flexibility index (Phi) is 3.89. The minimum Gasteiger partial charge on any atom is -0.355 e. The highest BCUT2D eigenvalue weighted by atomic mass is 32.1. The first-order valence-electron chi connectivity index (χ1n) is 10.3. The molecule has 2 fully saturated rings. The molecule has 0 amide bonds. The first-order valence-corrected chi connectivity index (χ1v) is 11.2. The van der Waals surface area contributed by atoms with Gasteiger partial charge in [-0.05, 0) is 31.0 Å². The molecule has 7 heteroatoms. The van der Waals surface area contributed by atoms with Crippen LogP contribution in [0.1, 0.15) is 23.9 Å². The summed E-state index contributed by atoms with van der Waals surface area (Å²) in [7, 11) is 0. The van der Waals surface area contributed by atoms with Crippen molar-refractivity contribution in [3.63, 3.8) is 0 Å². The first kappa shape index (κ1) is 17.4. The number of anilines is 1. The zero-order chi connectivity index (χ0) is 19.4. The van der Waals surface area contributed by atoms with Crippen LogP contribution in [-0.4, -0.2) is 50.4 Å². The van der Waals surface area contributed by atoms with Crippen molar-refractivity contribution in [2.45, 2.75) is 26.3 Å². The van der Waals surface area contributed by atoms with E-state index in [-0.39, 0.29) is 0 Å². The van der Waals surface area contributed by atoms with E-state index in [1.807, 2.05) is 12.3 Å². The fourth-order valence-electron chi connectivity index (χ4n) is 5.04. The second kappa shape index (κ2) is 6.50. The van der Waals surface area contributed by atoms with E-state index < -0.39 is 0 Å². The number of likely N-dealkylation sites (tertiary alicyclic amines) is 1. The van der Waals surface area contributed by atoms with Gasteiger partial charge in [-0.15, -0.1) is 11.3 Å². The Labute approximate surface area is 173 Å². The molecular formula is C22H24N6S. The van der Waals surface area contributed by atoms with Crippen molar-refractivity contribution in [3.8, 4) is 0 Å². The molecule has 148 valence electrons. The summed E-state index contributed by atoms with van der Waals surface area (Å²) in [6.07, 6.45) is 8.16. The molecule has 0 aromatic carbocycles. The minimum atomic E-state index is 0.404. The molecular weight excluding hydrogens is 380 g/mol. The monoisotopic (exact) mass is 404 g/mol. The summed E-state index contributed by atoms with van der Waals surface area (Å²) in [5, 5.41) is 1.23. The fraction of sp³-hybridized carbons (Fsp3) is 0.409. The van der Waals surface area contributed by atoms with Gasteiger partial charge < -0.3 is 9.30 Å². The van der Waals surface area contributed by atoms with Crippen LogP contribution in [0, 0.1) is 5.41 Å². The van der Waals surface area contributed by atoms with Crippen LogP contribution in [0.25, 0.3) is 15.9 Å².